The molecule has 17 heavy (non-hydrogen) atoms. The smallest absolute Gasteiger partial charge is 0.283 e. The Bertz CT molecular complexity index is 544. The number of aliphatic hydroxyl groups is 1. The van der Waals surface area contributed by atoms with E-state index in [0.29, 0.717) is 5.90 Å². The predicted octanol–water partition coefficient (Wildman–Crippen LogP) is 2.39. The fourth-order valence-electron chi connectivity index (χ4n) is 2.12. The summed E-state index contributed by atoms with van der Waals surface area (Å²) in [6.07, 6.45) is 1.61. The molecule has 0 radical (unpaired) electrons. The zero-order chi connectivity index (χ0) is 11.8. The van der Waals surface area contributed by atoms with Crippen LogP contribution in [0.15, 0.2) is 58.6 Å². The molecule has 4 heteroatoms. The number of ether oxygens (including phenoxy) is 1. The van der Waals surface area contributed by atoms with E-state index in [-0.39, 0.29) is 12.0 Å². The molecule has 2 aliphatic heterocycles. The van der Waals surface area contributed by atoms with Crippen LogP contribution >= 0.6 is 0 Å². The van der Waals surface area contributed by atoms with Gasteiger partial charge >= 0.3 is 0 Å². The number of allylic oxidation sites excluding steroid dienone is 2. The molecule has 0 aliphatic carbocycles. The summed E-state index contributed by atoms with van der Waals surface area (Å²) in [6.45, 7) is 1.94. The molecular weight excluding hydrogens is 216 g/mol. The predicted molar refractivity (Wildman–Crippen MR) is 64.3 cm³/mol. The lowest BCUT2D eigenvalue weighted by Crippen LogP contribution is -2.17. The minimum absolute atomic E-state index is 0.00412. The zero-order valence-electron chi connectivity index (χ0n) is 9.34. The molecule has 0 aromatic heterocycles. The molecule has 2 N–H and O–H groups in total. The van der Waals surface area contributed by atoms with Crippen LogP contribution in [0, 0.1) is 0 Å². The topological polar surface area (TPSA) is 53.9 Å². The quantitative estimate of drug-likeness (QED) is 0.776. The van der Waals surface area contributed by atoms with Crippen molar-refractivity contribution in [1.82, 2.24) is 5.43 Å². The Kier molecular flexibility index (Phi) is 2.14. The highest BCUT2D eigenvalue weighted by Crippen LogP contribution is 2.33. The van der Waals surface area contributed by atoms with Gasteiger partial charge in [-0.1, -0.05) is 30.3 Å². The number of hydrogen-bond donors (Lipinski definition) is 2. The van der Waals surface area contributed by atoms with E-state index in [1.165, 1.54) is 0 Å². The highest BCUT2D eigenvalue weighted by molar-refractivity contribution is 5.99. The first-order valence-corrected chi connectivity index (χ1v) is 5.43. The van der Waals surface area contributed by atoms with Crippen molar-refractivity contribution in [2.45, 2.75) is 13.0 Å². The van der Waals surface area contributed by atoms with E-state index in [1.807, 2.05) is 37.3 Å². The third kappa shape index (κ3) is 1.58. The summed E-state index contributed by atoms with van der Waals surface area (Å²) in [4.78, 5) is 0. The molecule has 0 saturated carbocycles. The van der Waals surface area contributed by atoms with E-state index in [2.05, 4.69) is 10.5 Å². The lowest BCUT2D eigenvalue weighted by Gasteiger charge is -2.18. The van der Waals surface area contributed by atoms with Gasteiger partial charge in [0.1, 0.15) is 0 Å². The van der Waals surface area contributed by atoms with Gasteiger partial charge in [-0.15, -0.1) is 5.10 Å². The molecule has 1 aromatic rings. The van der Waals surface area contributed by atoms with Crippen molar-refractivity contribution in [2.75, 3.05) is 0 Å². The molecule has 86 valence electrons. The average molecular weight is 228 g/mol. The number of hydrogen-bond acceptors (Lipinski definition) is 4. The minimum atomic E-state index is -0.111. The third-order valence-electron chi connectivity index (χ3n) is 2.91. The first kappa shape index (κ1) is 9.96. The van der Waals surface area contributed by atoms with Gasteiger partial charge in [-0.2, -0.15) is 0 Å². The first-order chi connectivity index (χ1) is 8.25. The highest BCUT2D eigenvalue weighted by atomic mass is 16.6. The van der Waals surface area contributed by atoms with Gasteiger partial charge in [0.05, 0.1) is 6.04 Å². The van der Waals surface area contributed by atoms with Crippen molar-refractivity contribution in [3.63, 3.8) is 0 Å². The standard InChI is InChI=1S/C13H12N2O2/c1-8-7-10(16)17-13-11(8)12(14-15-13)9-5-3-2-4-6-9/h2-7,12,14,16H,1H3. The van der Waals surface area contributed by atoms with Crippen LogP contribution in [0.2, 0.25) is 0 Å². The molecule has 4 nitrogen and oxygen atoms in total. The van der Waals surface area contributed by atoms with Gasteiger partial charge in [-0.25, -0.2) is 0 Å². The van der Waals surface area contributed by atoms with E-state index < -0.39 is 0 Å². The number of benzene rings is 1. The van der Waals surface area contributed by atoms with E-state index in [4.69, 9.17) is 4.74 Å². The minimum Gasteiger partial charge on any atom is -0.481 e. The fourth-order valence-corrected chi connectivity index (χ4v) is 2.12. The van der Waals surface area contributed by atoms with Gasteiger partial charge in [-0.05, 0) is 18.1 Å². The van der Waals surface area contributed by atoms with Gasteiger partial charge in [0.2, 0.25) is 5.90 Å². The van der Waals surface area contributed by atoms with Crippen molar-refractivity contribution < 1.29 is 9.84 Å². The van der Waals surface area contributed by atoms with Crippen LogP contribution in [0.4, 0.5) is 0 Å². The summed E-state index contributed by atoms with van der Waals surface area (Å²) < 4.78 is 5.18. The summed E-state index contributed by atoms with van der Waals surface area (Å²) >= 11 is 0. The van der Waals surface area contributed by atoms with E-state index in [1.54, 1.807) is 6.08 Å². The molecule has 0 spiro atoms. The highest BCUT2D eigenvalue weighted by Gasteiger charge is 2.32. The second kappa shape index (κ2) is 3.66. The van der Waals surface area contributed by atoms with Crippen LogP contribution in [0.5, 0.6) is 0 Å². The Morgan fingerprint density at radius 2 is 2.06 bits per heavy atom. The van der Waals surface area contributed by atoms with E-state index >= 15 is 0 Å². The largest absolute Gasteiger partial charge is 0.481 e. The molecule has 0 fully saturated rings. The van der Waals surface area contributed by atoms with Crippen LogP contribution < -0.4 is 5.43 Å². The number of aliphatic hydroxyl groups excluding tert-OH is 1. The van der Waals surface area contributed by atoms with Crippen molar-refractivity contribution in [3.8, 4) is 0 Å². The van der Waals surface area contributed by atoms with Gasteiger partial charge in [0.15, 0.2) is 0 Å². The summed E-state index contributed by atoms with van der Waals surface area (Å²) in [5.74, 6) is 0.344. The van der Waals surface area contributed by atoms with Crippen LogP contribution in [-0.4, -0.2) is 11.0 Å². The monoisotopic (exact) mass is 228 g/mol. The maximum Gasteiger partial charge on any atom is 0.283 e. The number of nitrogens with one attached hydrogen (secondary N) is 1. The molecule has 0 amide bonds. The van der Waals surface area contributed by atoms with Gasteiger partial charge in [0.25, 0.3) is 5.95 Å². The molecule has 2 aliphatic rings. The van der Waals surface area contributed by atoms with Crippen molar-refractivity contribution in [1.29, 1.82) is 0 Å². The molecule has 2 heterocycles. The summed E-state index contributed by atoms with van der Waals surface area (Å²) in [5.41, 5.74) is 6.10. The van der Waals surface area contributed by atoms with Gasteiger partial charge < -0.3 is 9.84 Å². The van der Waals surface area contributed by atoms with E-state index in [9.17, 15) is 5.11 Å². The molecule has 1 aromatic carbocycles. The van der Waals surface area contributed by atoms with Gasteiger partial charge in [-0.3, -0.25) is 5.43 Å². The van der Waals surface area contributed by atoms with Crippen molar-refractivity contribution in [3.05, 3.63) is 59.1 Å². The normalized spacial score (nSPS) is 22.3. The number of nitrogens with zero attached hydrogens (tertiary/aromatic N) is 1. The molecule has 3 rings (SSSR count). The lowest BCUT2D eigenvalue weighted by molar-refractivity contribution is 0.197. The number of fused-ring (bicyclic) bond motifs is 1. The first-order valence-electron chi connectivity index (χ1n) is 5.43. The van der Waals surface area contributed by atoms with Crippen LogP contribution in [0.25, 0.3) is 0 Å². The third-order valence-corrected chi connectivity index (χ3v) is 2.91. The maximum atomic E-state index is 9.38. The maximum absolute atomic E-state index is 9.38. The zero-order valence-corrected chi connectivity index (χ0v) is 9.34. The Balaban J connectivity index is 2.04. The molecule has 0 bridgehead atoms. The number of hydrazone groups is 1. The van der Waals surface area contributed by atoms with Crippen LogP contribution in [0.3, 0.4) is 0 Å². The number of rotatable bonds is 1. The second-order valence-electron chi connectivity index (χ2n) is 4.07. The SMILES string of the molecule is CC1=C2C(=NNC2c2ccccc2)OC(O)=C1. The lowest BCUT2D eigenvalue weighted by atomic mass is 9.95. The van der Waals surface area contributed by atoms with E-state index in [0.717, 1.165) is 16.7 Å². The summed E-state index contributed by atoms with van der Waals surface area (Å²) in [7, 11) is 0. The Hall–Kier alpha value is -2.23. The van der Waals surface area contributed by atoms with Crippen LogP contribution in [0.1, 0.15) is 18.5 Å². The molecule has 0 saturated heterocycles. The van der Waals surface area contributed by atoms with Crippen molar-refractivity contribution >= 4 is 5.90 Å². The Morgan fingerprint density at radius 3 is 2.82 bits per heavy atom. The summed E-state index contributed by atoms with van der Waals surface area (Å²) in [6, 6.07) is 10.0. The Labute approximate surface area is 98.9 Å². The van der Waals surface area contributed by atoms with Crippen LogP contribution in [-0.2, 0) is 4.74 Å². The molecular formula is C13H12N2O2. The second-order valence-corrected chi connectivity index (χ2v) is 4.07. The molecule has 1 unspecified atom stereocenters. The Morgan fingerprint density at radius 1 is 1.29 bits per heavy atom. The summed E-state index contributed by atoms with van der Waals surface area (Å²) in [5, 5.41) is 13.5. The molecule has 1 atom stereocenters. The van der Waals surface area contributed by atoms with Crippen molar-refractivity contribution in [2.24, 2.45) is 5.10 Å². The average Bonchev–Trinajstić information content (AvgIpc) is 2.74. The fraction of sp³-hybridized carbons (Fsp3) is 0.154. The van der Waals surface area contributed by atoms with Gasteiger partial charge in [0, 0.05) is 11.6 Å².